The topological polar surface area (TPSA) is 63.5 Å². The average molecular weight is 434 g/mol. The van der Waals surface area contributed by atoms with E-state index in [1.54, 1.807) is 24.5 Å². The molecule has 1 heterocycles. The van der Waals surface area contributed by atoms with Gasteiger partial charge in [-0.05, 0) is 44.0 Å². The number of carbonyl (C=O) groups is 1. The second kappa shape index (κ2) is 6.67. The van der Waals surface area contributed by atoms with Crippen LogP contribution in [0.25, 0.3) is 0 Å². The van der Waals surface area contributed by atoms with E-state index in [4.69, 9.17) is 0 Å². The van der Waals surface area contributed by atoms with Crippen molar-refractivity contribution in [2.24, 2.45) is 0 Å². The first-order chi connectivity index (χ1) is 9.90. The molecule has 0 aliphatic heterocycles. The second-order valence-electron chi connectivity index (χ2n) is 4.29. The fourth-order valence-electron chi connectivity index (χ4n) is 1.77. The fourth-order valence-corrected chi connectivity index (χ4v) is 3.86. The number of thiophene rings is 1. The molecule has 0 unspecified atom stereocenters. The number of nitro benzene ring substituents is 1. The average Bonchev–Trinajstić information content (AvgIpc) is 2.83. The highest BCUT2D eigenvalue weighted by atomic mass is 79.9. The van der Waals surface area contributed by atoms with Crippen molar-refractivity contribution in [2.75, 3.05) is 7.05 Å². The number of halogens is 2. The van der Waals surface area contributed by atoms with Crippen LogP contribution in [0.1, 0.15) is 15.2 Å². The van der Waals surface area contributed by atoms with Gasteiger partial charge in [-0.1, -0.05) is 6.07 Å². The molecule has 2 aromatic rings. The summed E-state index contributed by atoms with van der Waals surface area (Å²) in [6, 6.07) is 6.38. The Morgan fingerprint density at radius 3 is 2.71 bits per heavy atom. The molecule has 0 atom stereocenters. The van der Waals surface area contributed by atoms with Crippen LogP contribution in [-0.4, -0.2) is 22.8 Å². The normalized spacial score (nSPS) is 10.4. The van der Waals surface area contributed by atoms with E-state index >= 15 is 0 Å². The van der Waals surface area contributed by atoms with Crippen LogP contribution in [0, 0.1) is 10.1 Å². The van der Waals surface area contributed by atoms with Gasteiger partial charge in [-0.3, -0.25) is 14.9 Å². The Kier molecular flexibility index (Phi) is 5.13. The monoisotopic (exact) mass is 432 g/mol. The lowest BCUT2D eigenvalue weighted by Crippen LogP contribution is -2.26. The third kappa shape index (κ3) is 3.69. The molecule has 0 fully saturated rings. The molecule has 0 saturated carbocycles. The molecule has 0 radical (unpaired) electrons. The zero-order valence-electron chi connectivity index (χ0n) is 10.9. The van der Waals surface area contributed by atoms with Crippen LogP contribution in [0.5, 0.6) is 0 Å². The quantitative estimate of drug-likeness (QED) is 0.528. The van der Waals surface area contributed by atoms with Crippen LogP contribution >= 0.6 is 43.2 Å². The highest BCUT2D eigenvalue weighted by Crippen LogP contribution is 2.29. The summed E-state index contributed by atoms with van der Waals surface area (Å²) in [4.78, 5) is 25.4. The Morgan fingerprint density at radius 2 is 2.14 bits per heavy atom. The number of nitrogens with zero attached hydrogens (tertiary/aromatic N) is 2. The first-order valence-corrected chi connectivity index (χ1v) is 8.28. The number of carbonyl (C=O) groups excluding carboxylic acids is 1. The van der Waals surface area contributed by atoms with Gasteiger partial charge in [-0.2, -0.15) is 0 Å². The van der Waals surface area contributed by atoms with Gasteiger partial charge in [0.05, 0.1) is 17.0 Å². The van der Waals surface area contributed by atoms with Gasteiger partial charge in [-0.25, -0.2) is 0 Å². The molecular formula is C13H10Br2N2O3S. The Balaban J connectivity index is 2.23. The van der Waals surface area contributed by atoms with Crippen LogP contribution in [0.2, 0.25) is 0 Å². The number of amides is 1. The zero-order chi connectivity index (χ0) is 15.6. The van der Waals surface area contributed by atoms with Crippen molar-refractivity contribution >= 4 is 54.8 Å². The number of hydrogen-bond acceptors (Lipinski definition) is 4. The van der Waals surface area contributed by atoms with Crippen molar-refractivity contribution in [1.29, 1.82) is 0 Å². The maximum absolute atomic E-state index is 12.4. The SMILES string of the molecule is CN(Cc1cc(Br)cs1)C(=O)c1cccc([N+](=O)[O-])c1Br. The number of benzene rings is 1. The first-order valence-electron chi connectivity index (χ1n) is 5.81. The van der Waals surface area contributed by atoms with Crippen molar-refractivity contribution in [3.63, 3.8) is 0 Å². The van der Waals surface area contributed by atoms with Gasteiger partial charge in [0.25, 0.3) is 11.6 Å². The Bertz CT molecular complexity index is 702. The maximum atomic E-state index is 12.4. The molecule has 8 heteroatoms. The molecule has 1 aromatic carbocycles. The molecule has 2 rings (SSSR count). The lowest BCUT2D eigenvalue weighted by atomic mass is 10.2. The maximum Gasteiger partial charge on any atom is 0.284 e. The molecular weight excluding hydrogens is 424 g/mol. The predicted octanol–water partition coefficient (Wildman–Crippen LogP) is 4.45. The molecule has 0 bridgehead atoms. The first kappa shape index (κ1) is 16.1. The minimum absolute atomic E-state index is 0.117. The summed E-state index contributed by atoms with van der Waals surface area (Å²) in [7, 11) is 1.67. The Labute approximate surface area is 142 Å². The summed E-state index contributed by atoms with van der Waals surface area (Å²) < 4.78 is 1.18. The van der Waals surface area contributed by atoms with E-state index < -0.39 is 4.92 Å². The summed E-state index contributed by atoms with van der Waals surface area (Å²) in [6.45, 7) is 0.449. The number of rotatable bonds is 4. The molecule has 5 nitrogen and oxygen atoms in total. The van der Waals surface area contributed by atoms with Gasteiger partial charge in [0.15, 0.2) is 0 Å². The lowest BCUT2D eigenvalue weighted by Gasteiger charge is -2.17. The van der Waals surface area contributed by atoms with Gasteiger partial charge in [0.1, 0.15) is 4.47 Å². The van der Waals surface area contributed by atoms with Gasteiger partial charge >= 0.3 is 0 Å². The van der Waals surface area contributed by atoms with Crippen molar-refractivity contribution < 1.29 is 9.72 Å². The summed E-state index contributed by atoms with van der Waals surface area (Å²) in [5.41, 5.74) is 0.162. The molecule has 0 aliphatic rings. The van der Waals surface area contributed by atoms with Gasteiger partial charge in [0.2, 0.25) is 0 Å². The van der Waals surface area contributed by atoms with Crippen molar-refractivity contribution in [1.82, 2.24) is 4.90 Å². The van der Waals surface area contributed by atoms with E-state index in [2.05, 4.69) is 31.9 Å². The van der Waals surface area contributed by atoms with Gasteiger partial charge in [-0.15, -0.1) is 11.3 Å². The van der Waals surface area contributed by atoms with Crippen LogP contribution in [0.4, 0.5) is 5.69 Å². The van der Waals surface area contributed by atoms with Crippen molar-refractivity contribution in [2.45, 2.75) is 6.54 Å². The fraction of sp³-hybridized carbons (Fsp3) is 0.154. The summed E-state index contributed by atoms with van der Waals surface area (Å²) in [5.74, 6) is -0.268. The molecule has 21 heavy (non-hydrogen) atoms. The van der Waals surface area contributed by atoms with E-state index in [0.29, 0.717) is 6.54 Å². The molecule has 0 N–H and O–H groups in total. The minimum atomic E-state index is -0.517. The molecule has 0 saturated heterocycles. The van der Waals surface area contributed by atoms with E-state index in [9.17, 15) is 14.9 Å². The lowest BCUT2D eigenvalue weighted by molar-refractivity contribution is -0.385. The van der Waals surface area contributed by atoms with Crippen molar-refractivity contribution in [3.05, 3.63) is 59.1 Å². The van der Waals surface area contributed by atoms with Crippen molar-refractivity contribution in [3.8, 4) is 0 Å². The van der Waals surface area contributed by atoms with Crippen LogP contribution in [0.3, 0.4) is 0 Å². The van der Waals surface area contributed by atoms with Crippen LogP contribution < -0.4 is 0 Å². The third-order valence-corrected chi connectivity index (χ3v) is 5.28. The Hall–Kier alpha value is -1.25. The number of nitro groups is 1. The molecule has 110 valence electrons. The zero-order valence-corrected chi connectivity index (χ0v) is 14.9. The smallest absolute Gasteiger partial charge is 0.284 e. The van der Waals surface area contributed by atoms with E-state index in [0.717, 1.165) is 9.35 Å². The predicted molar refractivity (Wildman–Crippen MR) is 88.6 cm³/mol. The van der Waals surface area contributed by atoms with E-state index in [-0.39, 0.29) is 21.6 Å². The Morgan fingerprint density at radius 1 is 1.43 bits per heavy atom. The molecule has 0 spiro atoms. The van der Waals surface area contributed by atoms with Gasteiger partial charge in [0, 0.05) is 27.8 Å². The van der Waals surface area contributed by atoms with Gasteiger partial charge < -0.3 is 4.90 Å². The molecule has 1 aromatic heterocycles. The van der Waals surface area contributed by atoms with Crippen LogP contribution in [-0.2, 0) is 6.54 Å². The second-order valence-corrected chi connectivity index (χ2v) is 6.99. The summed E-state index contributed by atoms with van der Waals surface area (Å²) >= 11 is 8.05. The standard InChI is InChI=1S/C13H10Br2N2O3S/c1-16(6-9-5-8(14)7-21-9)13(18)10-3-2-4-11(12(10)15)17(19)20/h2-5,7H,6H2,1H3. The highest BCUT2D eigenvalue weighted by Gasteiger charge is 2.22. The third-order valence-electron chi connectivity index (χ3n) is 2.77. The molecule has 0 aliphatic carbocycles. The summed E-state index contributed by atoms with van der Waals surface area (Å²) in [6.07, 6.45) is 0. The summed E-state index contributed by atoms with van der Waals surface area (Å²) in [5, 5.41) is 12.8. The molecule has 1 amide bonds. The van der Waals surface area contributed by atoms with E-state index in [1.165, 1.54) is 17.0 Å². The number of hydrogen-bond donors (Lipinski definition) is 0. The highest BCUT2D eigenvalue weighted by molar-refractivity contribution is 9.11. The minimum Gasteiger partial charge on any atom is -0.337 e. The van der Waals surface area contributed by atoms with E-state index in [1.807, 2.05) is 11.4 Å². The largest absolute Gasteiger partial charge is 0.337 e. The van der Waals surface area contributed by atoms with Crippen LogP contribution in [0.15, 0.2) is 38.6 Å².